The molecular formula is C15H12Br2O4. The molecule has 0 aliphatic heterocycles. The van der Waals surface area contributed by atoms with E-state index in [1.165, 1.54) is 12.1 Å². The van der Waals surface area contributed by atoms with Crippen LogP contribution in [0.2, 0.25) is 0 Å². The third-order valence-electron chi connectivity index (χ3n) is 2.60. The number of carboxylic acids is 1. The van der Waals surface area contributed by atoms with Gasteiger partial charge in [-0.1, -0.05) is 15.9 Å². The Kier molecular flexibility index (Phi) is 5.64. The van der Waals surface area contributed by atoms with Gasteiger partial charge >= 0.3 is 5.97 Å². The zero-order valence-corrected chi connectivity index (χ0v) is 14.1. The van der Waals surface area contributed by atoms with Crippen molar-refractivity contribution in [2.75, 3.05) is 13.2 Å². The van der Waals surface area contributed by atoms with Crippen LogP contribution in [-0.4, -0.2) is 24.3 Å². The highest BCUT2D eigenvalue weighted by Crippen LogP contribution is 2.26. The van der Waals surface area contributed by atoms with Gasteiger partial charge in [0.15, 0.2) is 0 Å². The smallest absolute Gasteiger partial charge is 0.335 e. The monoisotopic (exact) mass is 414 g/mol. The van der Waals surface area contributed by atoms with Crippen LogP contribution in [0.5, 0.6) is 11.5 Å². The van der Waals surface area contributed by atoms with Crippen molar-refractivity contribution in [2.24, 2.45) is 0 Å². The summed E-state index contributed by atoms with van der Waals surface area (Å²) in [6.45, 7) is 0.760. The SMILES string of the molecule is O=C(O)c1ccc(OCCOc2ccc(Br)cc2)c(Br)c1. The Balaban J connectivity index is 1.83. The largest absolute Gasteiger partial charge is 0.490 e. The van der Waals surface area contributed by atoms with E-state index in [4.69, 9.17) is 14.6 Å². The van der Waals surface area contributed by atoms with Crippen LogP contribution in [0.3, 0.4) is 0 Å². The van der Waals surface area contributed by atoms with Crippen molar-refractivity contribution in [3.8, 4) is 11.5 Å². The highest BCUT2D eigenvalue weighted by atomic mass is 79.9. The fraction of sp³-hybridized carbons (Fsp3) is 0.133. The summed E-state index contributed by atoms with van der Waals surface area (Å²) < 4.78 is 12.7. The molecule has 2 rings (SSSR count). The van der Waals surface area contributed by atoms with Crippen molar-refractivity contribution in [3.05, 3.63) is 57.0 Å². The van der Waals surface area contributed by atoms with Crippen LogP contribution in [0.4, 0.5) is 0 Å². The van der Waals surface area contributed by atoms with E-state index in [-0.39, 0.29) is 5.56 Å². The van der Waals surface area contributed by atoms with Gasteiger partial charge in [0.05, 0.1) is 10.0 Å². The van der Waals surface area contributed by atoms with Crippen molar-refractivity contribution in [2.45, 2.75) is 0 Å². The average Bonchev–Trinajstić information content (AvgIpc) is 2.46. The summed E-state index contributed by atoms with van der Waals surface area (Å²) in [6, 6.07) is 12.1. The van der Waals surface area contributed by atoms with Gasteiger partial charge in [-0.25, -0.2) is 4.79 Å². The third-order valence-corrected chi connectivity index (χ3v) is 3.75. The fourth-order valence-electron chi connectivity index (χ4n) is 1.59. The lowest BCUT2D eigenvalue weighted by molar-refractivity contribution is 0.0696. The quantitative estimate of drug-likeness (QED) is 0.711. The molecular weight excluding hydrogens is 404 g/mol. The second-order valence-electron chi connectivity index (χ2n) is 4.10. The molecule has 2 aromatic carbocycles. The van der Waals surface area contributed by atoms with E-state index in [1.807, 2.05) is 24.3 Å². The number of hydrogen-bond acceptors (Lipinski definition) is 3. The van der Waals surface area contributed by atoms with Gasteiger partial charge in [0.2, 0.25) is 0 Å². The van der Waals surface area contributed by atoms with Gasteiger partial charge in [0.25, 0.3) is 0 Å². The molecule has 0 fully saturated rings. The molecule has 0 aromatic heterocycles. The predicted molar refractivity (Wildman–Crippen MR) is 86.2 cm³/mol. The van der Waals surface area contributed by atoms with Crippen LogP contribution in [0.1, 0.15) is 10.4 Å². The molecule has 6 heteroatoms. The van der Waals surface area contributed by atoms with Crippen LogP contribution >= 0.6 is 31.9 Å². The van der Waals surface area contributed by atoms with Crippen molar-refractivity contribution in [1.29, 1.82) is 0 Å². The minimum Gasteiger partial charge on any atom is -0.490 e. The highest BCUT2D eigenvalue weighted by molar-refractivity contribution is 9.10. The summed E-state index contributed by atoms with van der Waals surface area (Å²) in [4.78, 5) is 10.8. The van der Waals surface area contributed by atoms with Crippen LogP contribution in [0.25, 0.3) is 0 Å². The van der Waals surface area contributed by atoms with E-state index in [0.717, 1.165) is 10.2 Å². The van der Waals surface area contributed by atoms with Gasteiger partial charge in [-0.2, -0.15) is 0 Å². The van der Waals surface area contributed by atoms with Crippen LogP contribution < -0.4 is 9.47 Å². The zero-order chi connectivity index (χ0) is 15.2. The molecule has 0 unspecified atom stereocenters. The summed E-state index contributed by atoms with van der Waals surface area (Å²) >= 11 is 6.64. The molecule has 0 radical (unpaired) electrons. The van der Waals surface area contributed by atoms with Crippen LogP contribution in [0.15, 0.2) is 51.4 Å². The third kappa shape index (κ3) is 4.75. The van der Waals surface area contributed by atoms with Crippen molar-refractivity contribution in [3.63, 3.8) is 0 Å². The first-order chi connectivity index (χ1) is 10.1. The standard InChI is InChI=1S/C15H12Br2O4/c16-11-2-4-12(5-3-11)20-7-8-21-14-6-1-10(15(18)19)9-13(14)17/h1-6,9H,7-8H2,(H,18,19). The van der Waals surface area contributed by atoms with Gasteiger partial charge in [-0.15, -0.1) is 0 Å². The molecule has 4 nitrogen and oxygen atoms in total. The molecule has 0 aliphatic rings. The number of carbonyl (C=O) groups is 1. The van der Waals surface area contributed by atoms with E-state index in [0.29, 0.717) is 23.4 Å². The van der Waals surface area contributed by atoms with Crippen molar-refractivity contribution >= 4 is 37.8 Å². The number of carboxylic acid groups (broad SMARTS) is 1. The molecule has 0 amide bonds. The Morgan fingerprint density at radius 1 is 1.00 bits per heavy atom. The molecule has 0 saturated heterocycles. The summed E-state index contributed by atoms with van der Waals surface area (Å²) in [5.74, 6) is 0.377. The Hall–Kier alpha value is -1.53. The molecule has 21 heavy (non-hydrogen) atoms. The summed E-state index contributed by atoms with van der Waals surface area (Å²) in [7, 11) is 0. The molecule has 0 bridgehead atoms. The normalized spacial score (nSPS) is 10.2. The van der Waals surface area contributed by atoms with Crippen LogP contribution in [0, 0.1) is 0 Å². The van der Waals surface area contributed by atoms with E-state index >= 15 is 0 Å². The molecule has 0 saturated carbocycles. The highest BCUT2D eigenvalue weighted by Gasteiger charge is 2.07. The van der Waals surface area contributed by atoms with Crippen molar-refractivity contribution in [1.82, 2.24) is 0 Å². The minimum absolute atomic E-state index is 0.209. The van der Waals surface area contributed by atoms with Gasteiger partial charge < -0.3 is 14.6 Å². The molecule has 0 aliphatic carbocycles. The maximum Gasteiger partial charge on any atom is 0.335 e. The molecule has 110 valence electrons. The fourth-order valence-corrected chi connectivity index (χ4v) is 2.35. The lowest BCUT2D eigenvalue weighted by Crippen LogP contribution is -2.09. The van der Waals surface area contributed by atoms with Gasteiger partial charge in [0, 0.05) is 4.47 Å². The Morgan fingerprint density at radius 3 is 2.29 bits per heavy atom. The van der Waals surface area contributed by atoms with Gasteiger partial charge in [-0.3, -0.25) is 0 Å². The first kappa shape index (κ1) is 15.9. The first-order valence-corrected chi connectivity index (χ1v) is 7.69. The van der Waals surface area contributed by atoms with E-state index in [2.05, 4.69) is 31.9 Å². The summed E-state index contributed by atoms with van der Waals surface area (Å²) in [5, 5.41) is 8.87. The number of benzene rings is 2. The van der Waals surface area contributed by atoms with Crippen LogP contribution in [-0.2, 0) is 0 Å². The molecule has 2 aromatic rings. The number of halogens is 2. The lowest BCUT2D eigenvalue weighted by atomic mass is 10.2. The molecule has 0 spiro atoms. The predicted octanol–water partition coefficient (Wildman–Crippen LogP) is 4.37. The maximum atomic E-state index is 10.8. The van der Waals surface area contributed by atoms with Gasteiger partial charge in [-0.05, 0) is 58.4 Å². The maximum absolute atomic E-state index is 10.8. The molecule has 0 atom stereocenters. The number of ether oxygens (including phenoxy) is 2. The zero-order valence-electron chi connectivity index (χ0n) is 10.9. The number of rotatable bonds is 6. The van der Waals surface area contributed by atoms with Crippen molar-refractivity contribution < 1.29 is 19.4 Å². The Bertz CT molecular complexity index is 626. The van der Waals surface area contributed by atoms with E-state index < -0.39 is 5.97 Å². The summed E-state index contributed by atoms with van der Waals surface area (Å²) in [5.41, 5.74) is 0.209. The Morgan fingerprint density at radius 2 is 1.67 bits per heavy atom. The first-order valence-electron chi connectivity index (χ1n) is 6.10. The Labute approximate surface area is 139 Å². The molecule has 1 N–H and O–H groups in total. The molecule has 0 heterocycles. The number of hydrogen-bond donors (Lipinski definition) is 1. The minimum atomic E-state index is -0.971. The average molecular weight is 416 g/mol. The van der Waals surface area contributed by atoms with E-state index in [1.54, 1.807) is 6.07 Å². The lowest BCUT2D eigenvalue weighted by Gasteiger charge is -2.10. The second-order valence-corrected chi connectivity index (χ2v) is 5.87. The summed E-state index contributed by atoms with van der Waals surface area (Å²) in [6.07, 6.45) is 0. The van der Waals surface area contributed by atoms with Gasteiger partial charge in [0.1, 0.15) is 24.7 Å². The topological polar surface area (TPSA) is 55.8 Å². The van der Waals surface area contributed by atoms with E-state index in [9.17, 15) is 4.79 Å². The second kappa shape index (κ2) is 7.47. The number of aromatic carboxylic acids is 1.